The van der Waals surface area contributed by atoms with E-state index in [1.807, 2.05) is 0 Å². The molecule has 0 saturated heterocycles. The van der Waals surface area contributed by atoms with Crippen LogP contribution in [0.5, 0.6) is 0 Å². The van der Waals surface area contributed by atoms with Gasteiger partial charge in [-0.3, -0.25) is 9.59 Å². The number of unbranched alkanes of at least 4 members (excludes halogenated alkanes) is 5. The molecular weight excluding hydrogens is 224 g/mol. The molecule has 0 bridgehead atoms. The van der Waals surface area contributed by atoms with Gasteiger partial charge in [-0.25, -0.2) is 0 Å². The van der Waals surface area contributed by atoms with Crippen molar-refractivity contribution in [2.45, 2.75) is 51.4 Å². The van der Waals surface area contributed by atoms with Crippen molar-refractivity contribution in [2.75, 3.05) is 14.2 Å². The van der Waals surface area contributed by atoms with Crippen LogP contribution in [0.1, 0.15) is 51.4 Å². The fourth-order valence-corrected chi connectivity index (χ4v) is 1.45. The second-order valence-corrected chi connectivity index (χ2v) is 3.77. The third kappa shape index (κ3) is 12.8. The predicted molar refractivity (Wildman–Crippen MR) is 64.6 cm³/mol. The van der Waals surface area contributed by atoms with E-state index in [2.05, 4.69) is 9.47 Å². The van der Waals surface area contributed by atoms with Crippen LogP contribution in [0.4, 0.5) is 0 Å². The van der Waals surface area contributed by atoms with Crippen molar-refractivity contribution < 1.29 is 24.5 Å². The van der Waals surface area contributed by atoms with Crippen LogP contribution in [0.3, 0.4) is 0 Å². The Morgan fingerprint density at radius 1 is 0.706 bits per heavy atom. The third-order valence-electron chi connectivity index (χ3n) is 2.47. The van der Waals surface area contributed by atoms with E-state index in [-0.39, 0.29) is 17.4 Å². The maximum Gasteiger partial charge on any atom is 0.305 e. The van der Waals surface area contributed by atoms with Gasteiger partial charge in [0.25, 0.3) is 0 Å². The summed E-state index contributed by atoms with van der Waals surface area (Å²) in [6.07, 6.45) is 7.13. The second kappa shape index (κ2) is 13.0. The Hall–Kier alpha value is -1.10. The average Bonchev–Trinajstić information content (AvgIpc) is 2.31. The SMILES string of the molecule is COC(=O)CCCCCCCCC(=O)OC.O. The van der Waals surface area contributed by atoms with Gasteiger partial charge in [-0.2, -0.15) is 0 Å². The molecule has 0 atom stereocenters. The molecule has 0 fully saturated rings. The molecule has 0 rings (SSSR count). The van der Waals surface area contributed by atoms with Gasteiger partial charge in [0.1, 0.15) is 0 Å². The maximum absolute atomic E-state index is 10.8. The summed E-state index contributed by atoms with van der Waals surface area (Å²) < 4.78 is 9.09. The van der Waals surface area contributed by atoms with Gasteiger partial charge in [-0.05, 0) is 12.8 Å². The first kappa shape index (κ1) is 18.3. The van der Waals surface area contributed by atoms with E-state index in [1.54, 1.807) is 0 Å². The molecule has 0 aliphatic heterocycles. The second-order valence-electron chi connectivity index (χ2n) is 3.77. The molecule has 0 aliphatic rings. The summed E-state index contributed by atoms with van der Waals surface area (Å²) in [7, 11) is 2.82. The van der Waals surface area contributed by atoms with Crippen molar-refractivity contribution in [3.05, 3.63) is 0 Å². The monoisotopic (exact) mass is 248 g/mol. The fraction of sp³-hybridized carbons (Fsp3) is 0.833. The maximum atomic E-state index is 10.8. The molecule has 5 heteroatoms. The summed E-state index contributed by atoms with van der Waals surface area (Å²) in [5, 5.41) is 0. The molecule has 0 spiro atoms. The van der Waals surface area contributed by atoms with Crippen LogP contribution in [0.25, 0.3) is 0 Å². The zero-order valence-corrected chi connectivity index (χ0v) is 10.8. The minimum atomic E-state index is -0.134. The Morgan fingerprint density at radius 2 is 1.00 bits per heavy atom. The molecule has 0 aliphatic carbocycles. The lowest BCUT2D eigenvalue weighted by atomic mass is 10.1. The summed E-state index contributed by atoms with van der Waals surface area (Å²) in [5.41, 5.74) is 0. The summed E-state index contributed by atoms with van der Waals surface area (Å²) in [6.45, 7) is 0. The van der Waals surface area contributed by atoms with Crippen molar-refractivity contribution in [3.8, 4) is 0 Å². The highest BCUT2D eigenvalue weighted by molar-refractivity contribution is 5.69. The Bertz CT molecular complexity index is 181. The molecule has 17 heavy (non-hydrogen) atoms. The minimum Gasteiger partial charge on any atom is -0.469 e. The van der Waals surface area contributed by atoms with Crippen LogP contribution in [0.15, 0.2) is 0 Å². The molecule has 0 heterocycles. The molecule has 5 nitrogen and oxygen atoms in total. The number of ether oxygens (including phenoxy) is 2. The van der Waals surface area contributed by atoms with Gasteiger partial charge in [-0.15, -0.1) is 0 Å². The number of esters is 2. The first-order valence-corrected chi connectivity index (χ1v) is 5.84. The molecule has 0 aromatic rings. The Morgan fingerprint density at radius 3 is 1.29 bits per heavy atom. The average molecular weight is 248 g/mol. The first-order chi connectivity index (χ1) is 7.70. The number of carbonyl (C=O) groups excluding carboxylic acids is 2. The van der Waals surface area contributed by atoms with Crippen LogP contribution in [0.2, 0.25) is 0 Å². The van der Waals surface area contributed by atoms with Crippen molar-refractivity contribution in [3.63, 3.8) is 0 Å². The lowest BCUT2D eigenvalue weighted by Gasteiger charge is -2.01. The van der Waals surface area contributed by atoms with Crippen LogP contribution in [-0.4, -0.2) is 31.6 Å². The topological polar surface area (TPSA) is 84.1 Å². The normalized spacial score (nSPS) is 9.29. The molecule has 102 valence electrons. The number of carbonyl (C=O) groups is 2. The predicted octanol–water partition coefficient (Wildman–Crippen LogP) is 1.63. The molecule has 0 radical (unpaired) electrons. The summed E-state index contributed by atoms with van der Waals surface area (Å²) in [4.78, 5) is 21.6. The number of methoxy groups -OCH3 is 2. The van der Waals surface area contributed by atoms with E-state index in [1.165, 1.54) is 14.2 Å². The smallest absolute Gasteiger partial charge is 0.305 e. The lowest BCUT2D eigenvalue weighted by molar-refractivity contribution is -0.141. The quantitative estimate of drug-likeness (QED) is 0.458. The van der Waals surface area contributed by atoms with Crippen molar-refractivity contribution in [2.24, 2.45) is 0 Å². The molecular formula is C12H24O5. The van der Waals surface area contributed by atoms with Crippen LogP contribution < -0.4 is 0 Å². The fourth-order valence-electron chi connectivity index (χ4n) is 1.45. The molecule has 0 saturated carbocycles. The Kier molecular flexibility index (Phi) is 13.9. The van der Waals surface area contributed by atoms with Gasteiger partial charge in [-0.1, -0.05) is 25.7 Å². The van der Waals surface area contributed by atoms with Gasteiger partial charge in [0.15, 0.2) is 0 Å². The minimum absolute atomic E-state index is 0. The van der Waals surface area contributed by atoms with E-state index in [9.17, 15) is 9.59 Å². The Labute approximate surface area is 103 Å². The Balaban J connectivity index is 0. The number of hydrogen-bond donors (Lipinski definition) is 0. The van der Waals surface area contributed by atoms with Gasteiger partial charge in [0, 0.05) is 12.8 Å². The van der Waals surface area contributed by atoms with Crippen LogP contribution in [-0.2, 0) is 19.1 Å². The van der Waals surface area contributed by atoms with Crippen LogP contribution >= 0.6 is 0 Å². The highest BCUT2D eigenvalue weighted by atomic mass is 16.5. The summed E-state index contributed by atoms with van der Waals surface area (Å²) in [5.74, 6) is -0.267. The molecule has 0 aromatic heterocycles. The molecule has 0 unspecified atom stereocenters. The zero-order valence-electron chi connectivity index (χ0n) is 10.8. The summed E-state index contributed by atoms with van der Waals surface area (Å²) >= 11 is 0. The van der Waals surface area contributed by atoms with Gasteiger partial charge >= 0.3 is 11.9 Å². The van der Waals surface area contributed by atoms with E-state index >= 15 is 0 Å². The summed E-state index contributed by atoms with van der Waals surface area (Å²) in [6, 6.07) is 0. The first-order valence-electron chi connectivity index (χ1n) is 5.84. The van der Waals surface area contributed by atoms with Gasteiger partial charge in [0.05, 0.1) is 14.2 Å². The highest BCUT2D eigenvalue weighted by Crippen LogP contribution is 2.09. The van der Waals surface area contributed by atoms with E-state index < -0.39 is 0 Å². The highest BCUT2D eigenvalue weighted by Gasteiger charge is 2.00. The molecule has 2 N–H and O–H groups in total. The molecule has 0 amide bonds. The van der Waals surface area contributed by atoms with Crippen molar-refractivity contribution in [1.82, 2.24) is 0 Å². The van der Waals surface area contributed by atoms with E-state index in [0.717, 1.165) is 38.5 Å². The zero-order chi connectivity index (χ0) is 12.2. The largest absolute Gasteiger partial charge is 0.469 e. The van der Waals surface area contributed by atoms with E-state index in [0.29, 0.717) is 12.8 Å². The lowest BCUT2D eigenvalue weighted by Crippen LogP contribution is -1.99. The van der Waals surface area contributed by atoms with Crippen molar-refractivity contribution in [1.29, 1.82) is 0 Å². The molecule has 0 aromatic carbocycles. The van der Waals surface area contributed by atoms with Crippen LogP contribution in [0, 0.1) is 0 Å². The number of rotatable bonds is 9. The van der Waals surface area contributed by atoms with Gasteiger partial charge < -0.3 is 14.9 Å². The standard InChI is InChI=1S/C12H22O4.H2O/c1-15-11(13)9-7-5-3-4-6-8-10-12(14)16-2;/h3-10H2,1-2H3;1H2. The third-order valence-corrected chi connectivity index (χ3v) is 2.47. The van der Waals surface area contributed by atoms with E-state index in [4.69, 9.17) is 0 Å². The van der Waals surface area contributed by atoms with Gasteiger partial charge in [0.2, 0.25) is 0 Å². The van der Waals surface area contributed by atoms with Crippen molar-refractivity contribution >= 4 is 11.9 Å². The number of hydrogen-bond acceptors (Lipinski definition) is 4.